The molecule has 5 nitrogen and oxygen atoms in total. The molecule has 1 fully saturated rings. The largest absolute Gasteiger partial charge is 0.449 e. The Morgan fingerprint density at radius 2 is 2.17 bits per heavy atom. The zero-order valence-corrected chi connectivity index (χ0v) is 14.2. The molecule has 1 N–H and O–H groups in total. The lowest BCUT2D eigenvalue weighted by atomic mass is 10.1. The summed E-state index contributed by atoms with van der Waals surface area (Å²) in [5.41, 5.74) is 2.36. The second-order valence-electron chi connectivity index (χ2n) is 5.79. The predicted molar refractivity (Wildman–Crippen MR) is 88.2 cm³/mol. The first-order valence-electron chi connectivity index (χ1n) is 7.70. The van der Waals surface area contributed by atoms with Crippen molar-refractivity contribution in [3.05, 3.63) is 34.0 Å². The maximum Gasteiger partial charge on any atom is 0.287 e. The number of nitrogens with one attached hydrogen (secondary N) is 1. The van der Waals surface area contributed by atoms with Crippen LogP contribution in [0.1, 0.15) is 28.6 Å². The molecule has 0 aliphatic carbocycles. The maximum atomic E-state index is 12.6. The van der Waals surface area contributed by atoms with Crippen LogP contribution in [-0.2, 0) is 9.47 Å². The van der Waals surface area contributed by atoms with Crippen molar-refractivity contribution in [2.24, 2.45) is 0 Å². The van der Waals surface area contributed by atoms with Gasteiger partial charge in [0.2, 0.25) is 0 Å². The molecule has 6 heteroatoms. The summed E-state index contributed by atoms with van der Waals surface area (Å²) in [5, 5.41) is 4.32. The van der Waals surface area contributed by atoms with Crippen molar-refractivity contribution >= 4 is 28.5 Å². The number of rotatable bonds is 4. The highest BCUT2D eigenvalue weighted by molar-refractivity contribution is 6.35. The molecule has 2 heterocycles. The lowest BCUT2D eigenvalue weighted by Crippen LogP contribution is -2.43. The van der Waals surface area contributed by atoms with E-state index in [1.54, 1.807) is 0 Å². The van der Waals surface area contributed by atoms with E-state index in [4.69, 9.17) is 25.5 Å². The molecule has 0 spiro atoms. The van der Waals surface area contributed by atoms with Crippen LogP contribution in [-0.4, -0.2) is 37.9 Å². The summed E-state index contributed by atoms with van der Waals surface area (Å²) in [6.45, 7) is 7.25. The van der Waals surface area contributed by atoms with Gasteiger partial charge in [0.05, 0.1) is 24.3 Å². The fraction of sp³-hybridized carbons (Fsp3) is 0.471. The summed E-state index contributed by atoms with van der Waals surface area (Å²) < 4.78 is 16.7. The second kappa shape index (κ2) is 6.51. The van der Waals surface area contributed by atoms with Crippen LogP contribution in [0.4, 0.5) is 0 Å². The summed E-state index contributed by atoms with van der Waals surface area (Å²) in [4.78, 5) is 12.6. The average Bonchev–Trinajstić information content (AvgIpc) is 3.05. The van der Waals surface area contributed by atoms with Crippen LogP contribution >= 0.6 is 11.6 Å². The topological polar surface area (TPSA) is 60.7 Å². The Labute approximate surface area is 139 Å². The number of ether oxygens (including phenoxy) is 2. The number of carbonyl (C=O) groups excluding carboxylic acids is 1. The number of benzene rings is 1. The first kappa shape index (κ1) is 16.3. The fourth-order valence-electron chi connectivity index (χ4n) is 2.91. The minimum atomic E-state index is -0.271. The molecule has 1 aromatic carbocycles. The van der Waals surface area contributed by atoms with Crippen LogP contribution in [0, 0.1) is 13.8 Å². The van der Waals surface area contributed by atoms with Gasteiger partial charge in [-0.1, -0.05) is 11.6 Å². The van der Waals surface area contributed by atoms with Crippen LogP contribution in [0.25, 0.3) is 11.0 Å². The van der Waals surface area contributed by atoms with Crippen LogP contribution in [0.5, 0.6) is 0 Å². The molecule has 0 bridgehead atoms. The molecule has 2 atom stereocenters. The smallest absolute Gasteiger partial charge is 0.287 e. The zero-order chi connectivity index (χ0) is 16.6. The van der Waals surface area contributed by atoms with Crippen molar-refractivity contribution in [1.82, 2.24) is 5.32 Å². The van der Waals surface area contributed by atoms with Gasteiger partial charge in [-0.3, -0.25) is 4.79 Å². The molecule has 124 valence electrons. The van der Waals surface area contributed by atoms with Gasteiger partial charge in [0.1, 0.15) is 6.10 Å². The molecule has 0 saturated carbocycles. The van der Waals surface area contributed by atoms with E-state index in [1.165, 1.54) is 0 Å². The van der Waals surface area contributed by atoms with Crippen LogP contribution in [0.3, 0.4) is 0 Å². The lowest BCUT2D eigenvalue weighted by molar-refractivity contribution is 0.0399. The highest BCUT2D eigenvalue weighted by Gasteiger charge is 2.31. The van der Waals surface area contributed by atoms with Crippen LogP contribution in [0.15, 0.2) is 16.5 Å². The first-order valence-corrected chi connectivity index (χ1v) is 8.08. The lowest BCUT2D eigenvalue weighted by Gasteiger charge is -2.18. The summed E-state index contributed by atoms with van der Waals surface area (Å²) in [6.07, 6.45) is -0.125. The van der Waals surface area contributed by atoms with E-state index < -0.39 is 0 Å². The van der Waals surface area contributed by atoms with Gasteiger partial charge in [-0.2, -0.15) is 0 Å². The van der Waals surface area contributed by atoms with Gasteiger partial charge in [0, 0.05) is 17.6 Å². The van der Waals surface area contributed by atoms with Gasteiger partial charge in [-0.15, -0.1) is 0 Å². The average molecular weight is 338 g/mol. The number of hydrogen-bond donors (Lipinski definition) is 1. The Hall–Kier alpha value is -1.56. The molecule has 23 heavy (non-hydrogen) atoms. The molecule has 1 aromatic heterocycles. The molecule has 3 rings (SSSR count). The van der Waals surface area contributed by atoms with E-state index in [0.29, 0.717) is 30.4 Å². The van der Waals surface area contributed by atoms with E-state index in [9.17, 15) is 4.79 Å². The van der Waals surface area contributed by atoms with E-state index in [2.05, 4.69) is 5.32 Å². The molecule has 2 aromatic rings. The Kier molecular flexibility index (Phi) is 4.62. The summed E-state index contributed by atoms with van der Waals surface area (Å²) in [7, 11) is 0. The number of fused-ring (bicyclic) bond motifs is 1. The molecule has 0 radical (unpaired) electrons. The summed E-state index contributed by atoms with van der Waals surface area (Å²) in [5.74, 6) is 0.0160. The van der Waals surface area contributed by atoms with E-state index in [1.807, 2.05) is 32.9 Å². The third-order valence-electron chi connectivity index (χ3n) is 4.07. The van der Waals surface area contributed by atoms with Crippen LogP contribution < -0.4 is 5.32 Å². The first-order chi connectivity index (χ1) is 11.0. The van der Waals surface area contributed by atoms with Gasteiger partial charge >= 0.3 is 0 Å². The molecule has 1 aliphatic heterocycles. The normalized spacial score (nSPS) is 21.0. The third-order valence-corrected chi connectivity index (χ3v) is 4.35. The second-order valence-corrected chi connectivity index (χ2v) is 6.20. The maximum absolute atomic E-state index is 12.6. The predicted octanol–water partition coefficient (Wildman–Crippen LogP) is 3.24. The molecular weight excluding hydrogens is 318 g/mol. The minimum Gasteiger partial charge on any atom is -0.449 e. The number of hydrogen-bond acceptors (Lipinski definition) is 4. The van der Waals surface area contributed by atoms with Crippen molar-refractivity contribution in [2.75, 3.05) is 19.8 Å². The monoisotopic (exact) mass is 337 g/mol. The van der Waals surface area contributed by atoms with Gasteiger partial charge in [-0.25, -0.2) is 0 Å². The van der Waals surface area contributed by atoms with E-state index in [-0.39, 0.29) is 23.8 Å². The molecule has 1 aliphatic rings. The minimum absolute atomic E-state index is 0.125. The number of furan rings is 1. The van der Waals surface area contributed by atoms with Gasteiger partial charge in [0.15, 0.2) is 11.3 Å². The zero-order valence-electron chi connectivity index (χ0n) is 13.4. The fourth-order valence-corrected chi connectivity index (χ4v) is 3.22. The number of amides is 1. The van der Waals surface area contributed by atoms with Crippen molar-refractivity contribution in [3.63, 3.8) is 0 Å². The highest BCUT2D eigenvalue weighted by Crippen LogP contribution is 2.32. The Bertz CT molecular complexity index is 740. The summed E-state index contributed by atoms with van der Waals surface area (Å²) in [6, 6.07) is 3.62. The molecule has 1 amide bonds. The molecular formula is C17H20ClNO4. The molecule has 1 saturated heterocycles. The van der Waals surface area contributed by atoms with Crippen molar-refractivity contribution < 1.29 is 18.7 Å². The SMILES string of the molecule is CCO[C@H]1COC[C@@H]1NC(=O)c1oc2c(Cl)cc(C)cc2c1C. The van der Waals surface area contributed by atoms with E-state index in [0.717, 1.165) is 16.5 Å². The highest BCUT2D eigenvalue weighted by atomic mass is 35.5. The van der Waals surface area contributed by atoms with Crippen molar-refractivity contribution in [1.29, 1.82) is 0 Å². The Balaban J connectivity index is 1.86. The van der Waals surface area contributed by atoms with Gasteiger partial charge in [-0.05, 0) is 38.5 Å². The number of halogens is 1. The Morgan fingerprint density at radius 3 is 2.91 bits per heavy atom. The number of carbonyl (C=O) groups is 1. The quantitative estimate of drug-likeness (QED) is 0.930. The third kappa shape index (κ3) is 3.09. The van der Waals surface area contributed by atoms with Gasteiger partial charge < -0.3 is 19.2 Å². The van der Waals surface area contributed by atoms with Crippen LogP contribution in [0.2, 0.25) is 5.02 Å². The van der Waals surface area contributed by atoms with E-state index >= 15 is 0 Å². The summed E-state index contributed by atoms with van der Waals surface area (Å²) >= 11 is 6.22. The van der Waals surface area contributed by atoms with Crippen molar-refractivity contribution in [3.8, 4) is 0 Å². The van der Waals surface area contributed by atoms with Gasteiger partial charge in [0.25, 0.3) is 5.91 Å². The number of aryl methyl sites for hydroxylation is 2. The molecule has 0 unspecified atom stereocenters. The van der Waals surface area contributed by atoms with Crippen molar-refractivity contribution in [2.45, 2.75) is 32.9 Å². The standard InChI is InChI=1S/C17H20ClNO4/c1-4-22-14-8-21-7-13(14)19-17(20)15-10(3)11-5-9(2)6-12(18)16(11)23-15/h5-6,13-14H,4,7-8H2,1-3H3,(H,19,20)/t13-,14-/m0/s1. The Morgan fingerprint density at radius 1 is 1.39 bits per heavy atom.